The lowest BCUT2D eigenvalue weighted by atomic mass is 10.1. The largest absolute Gasteiger partial charge is 0.366 e. The molecule has 1 amide bonds. The maximum absolute atomic E-state index is 11.8. The first kappa shape index (κ1) is 13.1. The van der Waals surface area contributed by atoms with Crippen molar-refractivity contribution in [3.63, 3.8) is 0 Å². The van der Waals surface area contributed by atoms with E-state index in [1.165, 1.54) is 11.1 Å². The summed E-state index contributed by atoms with van der Waals surface area (Å²) in [5, 5.41) is 3.04. The van der Waals surface area contributed by atoms with Crippen molar-refractivity contribution >= 4 is 5.91 Å². The highest BCUT2D eigenvalue weighted by molar-refractivity contribution is 5.78. The Bertz CT molecular complexity index is 434. The molecule has 1 aromatic rings. The van der Waals surface area contributed by atoms with Crippen LogP contribution in [0.4, 0.5) is 0 Å². The number of fused-ring (bicyclic) bond motifs is 1. The summed E-state index contributed by atoms with van der Waals surface area (Å²) in [5.74, 6) is -0.0355. The molecule has 1 atom stereocenters. The molecule has 3 nitrogen and oxygen atoms in total. The average Bonchev–Trinajstić information content (AvgIpc) is 2.70. The Morgan fingerprint density at radius 1 is 1.39 bits per heavy atom. The molecule has 18 heavy (non-hydrogen) atoms. The van der Waals surface area contributed by atoms with Gasteiger partial charge in [0.25, 0.3) is 0 Å². The molecule has 1 aliphatic carbocycles. The van der Waals surface area contributed by atoms with Crippen molar-refractivity contribution in [3.05, 3.63) is 35.4 Å². The molecule has 98 valence electrons. The summed E-state index contributed by atoms with van der Waals surface area (Å²) in [7, 11) is 0. The van der Waals surface area contributed by atoms with Gasteiger partial charge in [-0.2, -0.15) is 0 Å². The number of carbonyl (C=O) groups is 1. The quantitative estimate of drug-likeness (QED) is 0.891. The second-order valence-corrected chi connectivity index (χ2v) is 5.76. The van der Waals surface area contributed by atoms with Crippen LogP contribution >= 0.6 is 0 Å². The lowest BCUT2D eigenvalue weighted by Gasteiger charge is -2.20. The fraction of sp³-hybridized carbons (Fsp3) is 0.533. The Balaban J connectivity index is 1.90. The van der Waals surface area contributed by atoms with Gasteiger partial charge in [0, 0.05) is 0 Å². The van der Waals surface area contributed by atoms with Gasteiger partial charge in [-0.1, -0.05) is 24.3 Å². The lowest BCUT2D eigenvalue weighted by Crippen LogP contribution is -2.33. The van der Waals surface area contributed by atoms with Crippen LogP contribution in [0.2, 0.25) is 0 Å². The molecule has 1 aromatic carbocycles. The number of carbonyl (C=O) groups excluding carboxylic acids is 1. The minimum atomic E-state index is -0.273. The molecule has 1 aliphatic rings. The van der Waals surface area contributed by atoms with E-state index in [4.69, 9.17) is 4.74 Å². The van der Waals surface area contributed by atoms with Crippen LogP contribution in [0.1, 0.15) is 44.4 Å². The van der Waals surface area contributed by atoms with E-state index in [2.05, 4.69) is 17.4 Å². The number of rotatable bonds is 3. The Hall–Kier alpha value is -1.35. The molecule has 1 N–H and O–H groups in total. The van der Waals surface area contributed by atoms with Crippen molar-refractivity contribution in [1.29, 1.82) is 0 Å². The second-order valence-electron chi connectivity index (χ2n) is 5.76. The summed E-state index contributed by atoms with van der Waals surface area (Å²) in [4.78, 5) is 11.8. The zero-order chi connectivity index (χ0) is 13.2. The van der Waals surface area contributed by atoms with Crippen LogP contribution in [0.15, 0.2) is 24.3 Å². The van der Waals surface area contributed by atoms with Gasteiger partial charge in [0.15, 0.2) is 0 Å². The molecule has 3 heteroatoms. The van der Waals surface area contributed by atoms with E-state index in [-0.39, 0.29) is 24.2 Å². The Morgan fingerprint density at radius 2 is 2.11 bits per heavy atom. The van der Waals surface area contributed by atoms with Gasteiger partial charge in [-0.25, -0.2) is 0 Å². The number of aryl methyl sites for hydroxylation is 1. The van der Waals surface area contributed by atoms with Crippen LogP contribution in [0, 0.1) is 0 Å². The highest BCUT2D eigenvalue weighted by Gasteiger charge is 2.23. The van der Waals surface area contributed by atoms with E-state index < -0.39 is 0 Å². The van der Waals surface area contributed by atoms with E-state index in [1.54, 1.807) is 0 Å². The molecule has 0 fully saturated rings. The van der Waals surface area contributed by atoms with Crippen molar-refractivity contribution in [2.24, 2.45) is 0 Å². The van der Waals surface area contributed by atoms with Gasteiger partial charge in [0.2, 0.25) is 5.91 Å². The first-order valence-corrected chi connectivity index (χ1v) is 6.47. The molecule has 0 bridgehead atoms. The molecule has 0 spiro atoms. The van der Waals surface area contributed by atoms with Gasteiger partial charge >= 0.3 is 0 Å². The third-order valence-electron chi connectivity index (χ3n) is 3.10. The number of hydrogen-bond donors (Lipinski definition) is 1. The van der Waals surface area contributed by atoms with Gasteiger partial charge in [-0.05, 0) is 44.7 Å². The zero-order valence-corrected chi connectivity index (χ0v) is 11.3. The highest BCUT2D eigenvalue weighted by atomic mass is 16.5. The number of ether oxygens (including phenoxy) is 1. The number of hydrogen-bond acceptors (Lipinski definition) is 2. The number of benzene rings is 1. The molecular weight excluding hydrogens is 226 g/mol. The summed E-state index contributed by atoms with van der Waals surface area (Å²) >= 11 is 0. The number of amides is 1. The van der Waals surface area contributed by atoms with Crippen LogP contribution in [0.5, 0.6) is 0 Å². The minimum Gasteiger partial charge on any atom is -0.366 e. The lowest BCUT2D eigenvalue weighted by molar-refractivity contribution is -0.131. The maximum Gasteiger partial charge on any atom is 0.246 e. The van der Waals surface area contributed by atoms with E-state index in [9.17, 15) is 4.79 Å². The number of nitrogens with one attached hydrogen (secondary N) is 1. The van der Waals surface area contributed by atoms with Crippen molar-refractivity contribution in [2.75, 3.05) is 6.61 Å². The Morgan fingerprint density at radius 3 is 2.83 bits per heavy atom. The third-order valence-corrected chi connectivity index (χ3v) is 3.10. The van der Waals surface area contributed by atoms with E-state index >= 15 is 0 Å². The summed E-state index contributed by atoms with van der Waals surface area (Å²) in [6, 6.07) is 8.45. The summed E-state index contributed by atoms with van der Waals surface area (Å²) < 4.78 is 5.48. The molecule has 0 radical (unpaired) electrons. The van der Waals surface area contributed by atoms with Crippen LogP contribution in [-0.4, -0.2) is 18.1 Å². The summed E-state index contributed by atoms with van der Waals surface area (Å²) in [6.45, 7) is 5.98. The highest BCUT2D eigenvalue weighted by Crippen LogP contribution is 2.30. The Labute approximate surface area is 109 Å². The predicted molar refractivity (Wildman–Crippen MR) is 71.4 cm³/mol. The molecule has 0 aromatic heterocycles. The first-order chi connectivity index (χ1) is 8.46. The van der Waals surface area contributed by atoms with Crippen molar-refractivity contribution in [2.45, 2.75) is 45.3 Å². The van der Waals surface area contributed by atoms with Gasteiger partial charge in [-0.3, -0.25) is 4.79 Å². The van der Waals surface area contributed by atoms with Crippen molar-refractivity contribution < 1.29 is 9.53 Å². The molecule has 0 aliphatic heterocycles. The average molecular weight is 247 g/mol. The molecule has 0 saturated heterocycles. The van der Waals surface area contributed by atoms with Crippen molar-refractivity contribution in [3.8, 4) is 0 Å². The fourth-order valence-corrected chi connectivity index (χ4v) is 2.23. The van der Waals surface area contributed by atoms with Gasteiger partial charge < -0.3 is 10.1 Å². The maximum atomic E-state index is 11.8. The molecule has 2 rings (SSSR count). The van der Waals surface area contributed by atoms with Crippen LogP contribution < -0.4 is 5.32 Å². The predicted octanol–water partition coefficient (Wildman–Crippen LogP) is 2.61. The van der Waals surface area contributed by atoms with Gasteiger partial charge in [0.1, 0.15) is 6.61 Å². The third kappa shape index (κ3) is 3.33. The fourth-order valence-electron chi connectivity index (χ4n) is 2.23. The van der Waals surface area contributed by atoms with Crippen LogP contribution in [0.3, 0.4) is 0 Å². The van der Waals surface area contributed by atoms with E-state index in [1.807, 2.05) is 32.9 Å². The molecule has 0 saturated carbocycles. The summed E-state index contributed by atoms with van der Waals surface area (Å²) in [6.07, 6.45) is 2.03. The monoisotopic (exact) mass is 247 g/mol. The van der Waals surface area contributed by atoms with Gasteiger partial charge in [-0.15, -0.1) is 0 Å². The molecule has 0 heterocycles. The van der Waals surface area contributed by atoms with E-state index in [0.717, 1.165) is 12.8 Å². The smallest absolute Gasteiger partial charge is 0.246 e. The summed E-state index contributed by atoms with van der Waals surface area (Å²) in [5.41, 5.74) is 2.33. The topological polar surface area (TPSA) is 38.3 Å². The normalized spacial score (nSPS) is 18.5. The second kappa shape index (κ2) is 5.11. The molecular formula is C15H21NO2. The van der Waals surface area contributed by atoms with Crippen LogP contribution in [0.25, 0.3) is 0 Å². The van der Waals surface area contributed by atoms with E-state index in [0.29, 0.717) is 0 Å². The van der Waals surface area contributed by atoms with Crippen LogP contribution in [-0.2, 0) is 16.0 Å². The first-order valence-electron chi connectivity index (χ1n) is 6.47. The molecule has 1 unspecified atom stereocenters. The Kier molecular flexibility index (Phi) is 3.71. The minimum absolute atomic E-state index is 0.0355. The zero-order valence-electron chi connectivity index (χ0n) is 11.3. The van der Waals surface area contributed by atoms with Crippen molar-refractivity contribution in [1.82, 2.24) is 5.32 Å². The standard InChI is InChI=1S/C15H21NO2/c1-15(2,3)18-10-14(17)16-13-9-8-11-6-4-5-7-12(11)13/h4-7,13H,8-10H2,1-3H3,(H,16,17). The van der Waals surface area contributed by atoms with Gasteiger partial charge in [0.05, 0.1) is 11.6 Å². The SMILES string of the molecule is CC(C)(C)OCC(=O)NC1CCc2ccccc21.